The highest BCUT2D eigenvalue weighted by atomic mass is 16.5. The molecular formula is C13H18O2. The van der Waals surface area contributed by atoms with Crippen LogP contribution in [0.2, 0.25) is 0 Å². The van der Waals surface area contributed by atoms with Gasteiger partial charge in [-0.2, -0.15) is 0 Å². The largest absolute Gasteiger partial charge is 0.459 e. The fourth-order valence-corrected chi connectivity index (χ4v) is 4.38. The number of carbonyl (C=O) groups excluding carboxylic acids is 1. The van der Waals surface area contributed by atoms with Crippen molar-refractivity contribution in [2.24, 2.45) is 23.7 Å². The van der Waals surface area contributed by atoms with Crippen LogP contribution in [0.15, 0.2) is 12.7 Å². The van der Waals surface area contributed by atoms with Gasteiger partial charge in [0.05, 0.1) is 0 Å². The van der Waals surface area contributed by atoms with E-state index in [1.807, 2.05) is 0 Å². The number of fused-ring (bicyclic) bond motifs is 5. The molecule has 0 aromatic heterocycles. The lowest BCUT2D eigenvalue weighted by Gasteiger charge is -2.22. The molecule has 3 rings (SSSR count). The molecule has 0 radical (unpaired) electrons. The Morgan fingerprint density at radius 2 is 1.67 bits per heavy atom. The van der Waals surface area contributed by atoms with Gasteiger partial charge in [-0.3, -0.25) is 0 Å². The molecule has 2 nitrogen and oxygen atoms in total. The van der Waals surface area contributed by atoms with Crippen LogP contribution in [0.1, 0.15) is 32.1 Å². The summed E-state index contributed by atoms with van der Waals surface area (Å²) in [6.07, 6.45) is 8.22. The van der Waals surface area contributed by atoms with Crippen molar-refractivity contribution in [3.8, 4) is 0 Å². The zero-order chi connectivity index (χ0) is 10.4. The molecule has 15 heavy (non-hydrogen) atoms. The van der Waals surface area contributed by atoms with Gasteiger partial charge < -0.3 is 4.74 Å². The van der Waals surface area contributed by atoms with E-state index in [9.17, 15) is 4.79 Å². The molecule has 0 spiro atoms. The molecule has 0 N–H and O–H groups in total. The number of hydrogen-bond donors (Lipinski definition) is 0. The Hall–Kier alpha value is -0.790. The summed E-state index contributed by atoms with van der Waals surface area (Å²) >= 11 is 0. The van der Waals surface area contributed by atoms with Crippen molar-refractivity contribution in [1.82, 2.24) is 0 Å². The Balaban J connectivity index is 1.76. The number of ether oxygens (including phenoxy) is 1. The predicted octanol–water partition coefficient (Wildman–Crippen LogP) is 2.54. The molecule has 0 amide bonds. The molecule has 3 aliphatic carbocycles. The lowest BCUT2D eigenvalue weighted by atomic mass is 9.82. The maximum atomic E-state index is 11.3. The molecule has 0 aromatic rings. The van der Waals surface area contributed by atoms with E-state index in [1.165, 1.54) is 38.2 Å². The molecule has 0 heterocycles. The van der Waals surface area contributed by atoms with Gasteiger partial charge in [-0.1, -0.05) is 13.0 Å². The van der Waals surface area contributed by atoms with Crippen LogP contribution in [0.4, 0.5) is 0 Å². The molecule has 0 aromatic carbocycles. The van der Waals surface area contributed by atoms with Crippen LogP contribution in [-0.4, -0.2) is 12.1 Å². The zero-order valence-electron chi connectivity index (χ0n) is 9.02. The maximum Gasteiger partial charge on any atom is 0.330 e. The molecule has 2 heteroatoms. The molecule has 4 unspecified atom stereocenters. The third-order valence-corrected chi connectivity index (χ3v) is 4.82. The second-order valence-electron chi connectivity index (χ2n) is 5.27. The van der Waals surface area contributed by atoms with Gasteiger partial charge in [0, 0.05) is 6.08 Å². The molecule has 4 atom stereocenters. The van der Waals surface area contributed by atoms with Crippen LogP contribution >= 0.6 is 0 Å². The van der Waals surface area contributed by atoms with E-state index in [1.54, 1.807) is 0 Å². The first-order valence-electron chi connectivity index (χ1n) is 6.14. The Bertz CT molecular complexity index is 279. The van der Waals surface area contributed by atoms with Crippen molar-refractivity contribution in [3.63, 3.8) is 0 Å². The number of carbonyl (C=O) groups is 1. The minimum absolute atomic E-state index is 0.225. The highest BCUT2D eigenvalue weighted by molar-refractivity contribution is 5.81. The standard InChI is InChI=1S/C13H18O2/c1-2-12(14)15-13-10-6-7-11(13)9-5-3-4-8(9)10/h2,8-11,13H,1,3-7H2. The van der Waals surface area contributed by atoms with E-state index < -0.39 is 0 Å². The Morgan fingerprint density at radius 3 is 2.20 bits per heavy atom. The van der Waals surface area contributed by atoms with Gasteiger partial charge in [-0.25, -0.2) is 4.79 Å². The lowest BCUT2D eigenvalue weighted by Crippen LogP contribution is -2.23. The fourth-order valence-electron chi connectivity index (χ4n) is 4.38. The maximum absolute atomic E-state index is 11.3. The van der Waals surface area contributed by atoms with Crippen LogP contribution in [0.5, 0.6) is 0 Å². The van der Waals surface area contributed by atoms with E-state index in [0.29, 0.717) is 11.8 Å². The van der Waals surface area contributed by atoms with Gasteiger partial charge in [-0.15, -0.1) is 0 Å². The van der Waals surface area contributed by atoms with Gasteiger partial charge in [-0.05, 0) is 49.4 Å². The Labute approximate surface area is 90.7 Å². The molecule has 3 saturated carbocycles. The van der Waals surface area contributed by atoms with E-state index in [-0.39, 0.29) is 12.1 Å². The van der Waals surface area contributed by atoms with Gasteiger partial charge in [0.2, 0.25) is 0 Å². The zero-order valence-corrected chi connectivity index (χ0v) is 9.02. The summed E-state index contributed by atoms with van der Waals surface area (Å²) in [6.45, 7) is 3.47. The first-order chi connectivity index (χ1) is 7.31. The van der Waals surface area contributed by atoms with Crippen molar-refractivity contribution >= 4 is 5.97 Å². The van der Waals surface area contributed by atoms with Crippen LogP contribution in [0.3, 0.4) is 0 Å². The lowest BCUT2D eigenvalue weighted by molar-refractivity contribution is -0.145. The van der Waals surface area contributed by atoms with Crippen molar-refractivity contribution in [2.45, 2.75) is 38.2 Å². The molecule has 0 saturated heterocycles. The molecule has 2 bridgehead atoms. The SMILES string of the molecule is C=CC(=O)OC1C2CCC1C1CCCC12. The second kappa shape index (κ2) is 3.36. The van der Waals surface area contributed by atoms with Crippen LogP contribution in [0.25, 0.3) is 0 Å². The van der Waals surface area contributed by atoms with E-state index in [4.69, 9.17) is 4.74 Å². The average molecular weight is 206 g/mol. The van der Waals surface area contributed by atoms with E-state index in [2.05, 4.69) is 6.58 Å². The first kappa shape index (κ1) is 9.44. The second-order valence-corrected chi connectivity index (χ2v) is 5.27. The summed E-state index contributed by atoms with van der Waals surface area (Å²) in [5.41, 5.74) is 0. The summed E-state index contributed by atoms with van der Waals surface area (Å²) in [4.78, 5) is 11.3. The topological polar surface area (TPSA) is 26.3 Å². The van der Waals surface area contributed by atoms with E-state index >= 15 is 0 Å². The third kappa shape index (κ3) is 1.27. The minimum atomic E-state index is -0.225. The summed E-state index contributed by atoms with van der Waals surface area (Å²) in [6, 6.07) is 0. The van der Waals surface area contributed by atoms with Crippen molar-refractivity contribution in [2.75, 3.05) is 0 Å². The Kier molecular flexibility index (Phi) is 2.11. The van der Waals surface area contributed by atoms with Gasteiger partial charge in [0.15, 0.2) is 0 Å². The minimum Gasteiger partial charge on any atom is -0.459 e. The Morgan fingerprint density at radius 1 is 1.07 bits per heavy atom. The molecular weight excluding hydrogens is 188 g/mol. The number of hydrogen-bond acceptors (Lipinski definition) is 2. The molecule has 3 fully saturated rings. The highest BCUT2D eigenvalue weighted by Crippen LogP contribution is 2.59. The summed E-state index contributed by atoms with van der Waals surface area (Å²) in [5.74, 6) is 2.85. The fraction of sp³-hybridized carbons (Fsp3) is 0.769. The summed E-state index contributed by atoms with van der Waals surface area (Å²) in [5, 5.41) is 0. The monoisotopic (exact) mass is 206 g/mol. The van der Waals surface area contributed by atoms with Gasteiger partial charge in [0.25, 0.3) is 0 Å². The van der Waals surface area contributed by atoms with Crippen molar-refractivity contribution in [3.05, 3.63) is 12.7 Å². The predicted molar refractivity (Wildman–Crippen MR) is 57.1 cm³/mol. The van der Waals surface area contributed by atoms with Crippen LogP contribution in [0, 0.1) is 23.7 Å². The van der Waals surface area contributed by atoms with Crippen LogP contribution < -0.4 is 0 Å². The van der Waals surface area contributed by atoms with Crippen molar-refractivity contribution in [1.29, 1.82) is 0 Å². The average Bonchev–Trinajstić information content (AvgIpc) is 2.89. The van der Waals surface area contributed by atoms with E-state index in [0.717, 1.165) is 11.8 Å². The summed E-state index contributed by atoms with van der Waals surface area (Å²) in [7, 11) is 0. The molecule has 3 aliphatic rings. The number of rotatable bonds is 2. The molecule has 82 valence electrons. The first-order valence-corrected chi connectivity index (χ1v) is 6.14. The number of esters is 1. The van der Waals surface area contributed by atoms with Gasteiger partial charge in [0.1, 0.15) is 6.10 Å². The van der Waals surface area contributed by atoms with Gasteiger partial charge >= 0.3 is 5.97 Å². The smallest absolute Gasteiger partial charge is 0.330 e. The summed E-state index contributed by atoms with van der Waals surface area (Å²) < 4.78 is 5.53. The molecule has 0 aliphatic heterocycles. The highest BCUT2D eigenvalue weighted by Gasteiger charge is 2.57. The third-order valence-electron chi connectivity index (χ3n) is 4.82. The van der Waals surface area contributed by atoms with Crippen molar-refractivity contribution < 1.29 is 9.53 Å². The normalized spacial score (nSPS) is 46.5. The van der Waals surface area contributed by atoms with Crippen LogP contribution in [-0.2, 0) is 9.53 Å². The quantitative estimate of drug-likeness (QED) is 0.512.